The molecule has 2 N–H and O–H groups in total. The quantitative estimate of drug-likeness (QED) is 0.729. The predicted molar refractivity (Wildman–Crippen MR) is 86.2 cm³/mol. The van der Waals surface area contributed by atoms with Gasteiger partial charge >= 0.3 is 0 Å². The van der Waals surface area contributed by atoms with Crippen molar-refractivity contribution in [1.29, 1.82) is 0 Å². The Morgan fingerprint density at radius 1 is 0.950 bits per heavy atom. The van der Waals surface area contributed by atoms with Crippen molar-refractivity contribution in [3.05, 3.63) is 58.4 Å². The summed E-state index contributed by atoms with van der Waals surface area (Å²) in [6.07, 6.45) is 0. The molecule has 100 valence electrons. The largest absolute Gasteiger partial charge is 0.457 e. The zero-order chi connectivity index (χ0) is 13.9. The van der Waals surface area contributed by atoms with Crippen molar-refractivity contribution in [2.24, 2.45) is 0 Å². The van der Waals surface area contributed by atoms with Crippen molar-refractivity contribution < 1.29 is 4.74 Å². The average molecular weight is 347 g/mol. The molecule has 3 rings (SSSR count). The summed E-state index contributed by atoms with van der Waals surface area (Å²) in [5.41, 5.74) is 7.56. The molecule has 3 aromatic rings. The smallest absolute Gasteiger partial charge is 0.180 e. The van der Waals surface area contributed by atoms with Crippen LogP contribution >= 0.6 is 27.3 Å². The molecule has 5 heteroatoms. The molecule has 1 heterocycles. The van der Waals surface area contributed by atoms with Crippen LogP contribution in [0.25, 0.3) is 11.3 Å². The van der Waals surface area contributed by atoms with Crippen LogP contribution in [0, 0.1) is 0 Å². The van der Waals surface area contributed by atoms with E-state index in [1.54, 1.807) is 0 Å². The molecule has 0 fully saturated rings. The lowest BCUT2D eigenvalue weighted by atomic mass is 10.2. The molecular weight excluding hydrogens is 336 g/mol. The molecule has 0 spiro atoms. The number of nitrogens with zero attached hydrogens (tertiary/aromatic N) is 1. The Balaban J connectivity index is 1.77. The molecule has 1 aromatic heterocycles. The van der Waals surface area contributed by atoms with Crippen molar-refractivity contribution in [2.45, 2.75) is 0 Å². The number of hydrogen-bond donors (Lipinski definition) is 1. The fourth-order valence-electron chi connectivity index (χ4n) is 1.75. The normalized spacial score (nSPS) is 10.4. The SMILES string of the molecule is Nc1nc(-c2ccc(Oc3ccc(Br)cc3)cc2)cs1. The summed E-state index contributed by atoms with van der Waals surface area (Å²) in [5.74, 6) is 1.60. The Morgan fingerprint density at radius 3 is 2.10 bits per heavy atom. The molecule has 3 nitrogen and oxygen atoms in total. The van der Waals surface area contributed by atoms with Gasteiger partial charge in [0.15, 0.2) is 5.13 Å². The fraction of sp³-hybridized carbons (Fsp3) is 0. The van der Waals surface area contributed by atoms with Crippen LogP contribution in [-0.2, 0) is 0 Å². The van der Waals surface area contributed by atoms with Crippen LogP contribution in [-0.4, -0.2) is 4.98 Å². The second-order valence-electron chi connectivity index (χ2n) is 4.15. The number of hydrogen-bond acceptors (Lipinski definition) is 4. The van der Waals surface area contributed by atoms with E-state index in [9.17, 15) is 0 Å². The average Bonchev–Trinajstić information content (AvgIpc) is 2.89. The number of nitrogens with two attached hydrogens (primary N) is 1. The second kappa shape index (κ2) is 5.64. The van der Waals surface area contributed by atoms with Crippen molar-refractivity contribution >= 4 is 32.4 Å². The first-order valence-electron chi connectivity index (χ1n) is 5.95. The number of anilines is 1. The lowest BCUT2D eigenvalue weighted by molar-refractivity contribution is 0.482. The highest BCUT2D eigenvalue weighted by atomic mass is 79.9. The zero-order valence-corrected chi connectivity index (χ0v) is 12.8. The summed E-state index contributed by atoms with van der Waals surface area (Å²) >= 11 is 4.83. The highest BCUT2D eigenvalue weighted by Crippen LogP contribution is 2.27. The Hall–Kier alpha value is -1.85. The molecule has 0 unspecified atom stereocenters. The number of rotatable bonds is 3. The topological polar surface area (TPSA) is 48.1 Å². The molecule has 0 atom stereocenters. The molecule has 0 bridgehead atoms. The Bertz CT molecular complexity index is 707. The minimum Gasteiger partial charge on any atom is -0.457 e. The molecule has 2 aromatic carbocycles. The van der Waals surface area contributed by atoms with Gasteiger partial charge in [0.25, 0.3) is 0 Å². The first kappa shape index (κ1) is 13.1. The lowest BCUT2D eigenvalue weighted by Crippen LogP contribution is -1.85. The minimum atomic E-state index is 0.579. The third-order valence-electron chi connectivity index (χ3n) is 2.72. The van der Waals surface area contributed by atoms with Crippen LogP contribution < -0.4 is 10.5 Å². The predicted octanol–water partition coefficient (Wildman–Crippen LogP) is 4.95. The van der Waals surface area contributed by atoms with Crippen LogP contribution in [0.3, 0.4) is 0 Å². The van der Waals surface area contributed by atoms with Crippen molar-refractivity contribution in [1.82, 2.24) is 4.98 Å². The van der Waals surface area contributed by atoms with Crippen molar-refractivity contribution in [3.8, 4) is 22.8 Å². The Labute approximate surface area is 129 Å². The third kappa shape index (κ3) is 3.00. The first-order chi connectivity index (χ1) is 9.70. The van der Waals surface area contributed by atoms with Gasteiger partial charge in [0, 0.05) is 15.4 Å². The van der Waals surface area contributed by atoms with E-state index in [1.165, 1.54) is 11.3 Å². The van der Waals surface area contributed by atoms with Gasteiger partial charge in [-0.15, -0.1) is 11.3 Å². The van der Waals surface area contributed by atoms with Crippen LogP contribution in [0.2, 0.25) is 0 Å². The van der Waals surface area contributed by atoms with E-state index in [0.717, 1.165) is 27.2 Å². The Kier molecular flexibility index (Phi) is 3.71. The second-order valence-corrected chi connectivity index (χ2v) is 5.96. The Morgan fingerprint density at radius 2 is 1.55 bits per heavy atom. The summed E-state index contributed by atoms with van der Waals surface area (Å²) in [6, 6.07) is 15.5. The van der Waals surface area contributed by atoms with Gasteiger partial charge in [0.05, 0.1) is 5.69 Å². The van der Waals surface area contributed by atoms with E-state index in [1.807, 2.05) is 53.9 Å². The van der Waals surface area contributed by atoms with E-state index in [0.29, 0.717) is 5.13 Å². The summed E-state index contributed by atoms with van der Waals surface area (Å²) in [5, 5.41) is 2.52. The summed E-state index contributed by atoms with van der Waals surface area (Å²) in [4.78, 5) is 4.25. The van der Waals surface area contributed by atoms with E-state index in [2.05, 4.69) is 20.9 Å². The van der Waals surface area contributed by atoms with Crippen LogP contribution in [0.5, 0.6) is 11.5 Å². The van der Waals surface area contributed by atoms with E-state index < -0.39 is 0 Å². The van der Waals surface area contributed by atoms with Crippen LogP contribution in [0.1, 0.15) is 0 Å². The van der Waals surface area contributed by atoms with Gasteiger partial charge < -0.3 is 10.5 Å². The molecule has 0 radical (unpaired) electrons. The number of aromatic nitrogens is 1. The fourth-order valence-corrected chi connectivity index (χ4v) is 2.59. The van der Waals surface area contributed by atoms with E-state index in [-0.39, 0.29) is 0 Å². The first-order valence-corrected chi connectivity index (χ1v) is 7.63. The lowest BCUT2D eigenvalue weighted by Gasteiger charge is -2.06. The van der Waals surface area contributed by atoms with Gasteiger partial charge in [-0.05, 0) is 48.5 Å². The maximum absolute atomic E-state index is 5.77. The maximum atomic E-state index is 5.77. The summed E-state index contributed by atoms with van der Waals surface area (Å²) < 4.78 is 6.80. The van der Waals surface area contributed by atoms with Gasteiger partial charge in [-0.1, -0.05) is 15.9 Å². The van der Waals surface area contributed by atoms with Crippen molar-refractivity contribution in [3.63, 3.8) is 0 Å². The standard InChI is InChI=1S/C15H11BrN2OS/c16-11-3-7-13(8-4-11)19-12-5-1-10(2-6-12)14-9-20-15(17)18-14/h1-9H,(H2,17,18). The summed E-state index contributed by atoms with van der Waals surface area (Å²) in [6.45, 7) is 0. The van der Waals surface area contributed by atoms with Crippen LogP contribution in [0.4, 0.5) is 5.13 Å². The summed E-state index contributed by atoms with van der Waals surface area (Å²) in [7, 11) is 0. The van der Waals surface area contributed by atoms with Crippen LogP contribution in [0.15, 0.2) is 58.4 Å². The highest BCUT2D eigenvalue weighted by molar-refractivity contribution is 9.10. The maximum Gasteiger partial charge on any atom is 0.180 e. The number of benzene rings is 2. The molecular formula is C15H11BrN2OS. The monoisotopic (exact) mass is 346 g/mol. The molecule has 0 saturated carbocycles. The van der Waals surface area contributed by atoms with E-state index in [4.69, 9.17) is 10.5 Å². The van der Waals surface area contributed by atoms with Gasteiger partial charge in [-0.25, -0.2) is 4.98 Å². The molecule has 20 heavy (non-hydrogen) atoms. The molecule has 0 aliphatic carbocycles. The number of halogens is 1. The zero-order valence-electron chi connectivity index (χ0n) is 10.4. The van der Waals surface area contributed by atoms with Gasteiger partial charge in [-0.2, -0.15) is 0 Å². The minimum absolute atomic E-state index is 0.579. The molecule has 0 aliphatic rings. The number of thiazole rings is 1. The molecule has 0 amide bonds. The molecule has 0 saturated heterocycles. The van der Waals surface area contributed by atoms with Gasteiger partial charge in [-0.3, -0.25) is 0 Å². The van der Waals surface area contributed by atoms with Gasteiger partial charge in [0.1, 0.15) is 11.5 Å². The highest BCUT2D eigenvalue weighted by Gasteiger charge is 2.03. The van der Waals surface area contributed by atoms with E-state index >= 15 is 0 Å². The van der Waals surface area contributed by atoms with Crippen molar-refractivity contribution in [2.75, 3.05) is 5.73 Å². The van der Waals surface area contributed by atoms with Gasteiger partial charge in [0.2, 0.25) is 0 Å². The number of ether oxygens (including phenoxy) is 1. The third-order valence-corrected chi connectivity index (χ3v) is 3.92. The molecule has 0 aliphatic heterocycles. The number of nitrogen functional groups attached to an aromatic ring is 1.